The predicted molar refractivity (Wildman–Crippen MR) is 255 cm³/mol. The summed E-state index contributed by atoms with van der Waals surface area (Å²) in [5.41, 5.74) is 7.72. The van der Waals surface area contributed by atoms with Gasteiger partial charge in [-0.25, -0.2) is 31.1 Å². The zero-order valence-corrected chi connectivity index (χ0v) is 36.8. The molecule has 12 nitrogen and oxygen atoms in total. The minimum absolute atomic E-state index is 0. The first-order valence-corrected chi connectivity index (χ1v) is 24.0. The third kappa shape index (κ3) is 9.42. The summed E-state index contributed by atoms with van der Waals surface area (Å²) in [5, 5.41) is 10.6. The van der Waals surface area contributed by atoms with Crippen molar-refractivity contribution >= 4 is 32.1 Å². The molecule has 346 valence electrons. The van der Waals surface area contributed by atoms with E-state index < -0.39 is 22.4 Å². The van der Waals surface area contributed by atoms with E-state index in [2.05, 4.69) is 42.1 Å². The average molecular weight is 907 g/mol. The first-order valence-electron chi connectivity index (χ1n) is 22.6. The molecule has 0 amide bonds. The lowest BCUT2D eigenvalue weighted by Crippen LogP contribution is -2.36. The van der Waals surface area contributed by atoms with E-state index in [0.29, 0.717) is 55.5 Å². The first kappa shape index (κ1) is 46.3. The molecule has 6 aromatic heterocycles. The fourth-order valence-electron chi connectivity index (χ4n) is 10.7. The van der Waals surface area contributed by atoms with Crippen molar-refractivity contribution < 1.29 is 17.2 Å². The van der Waals surface area contributed by atoms with E-state index in [1.54, 1.807) is 47.4 Å². The van der Waals surface area contributed by atoms with Crippen LogP contribution >= 0.6 is 0 Å². The number of rotatable bonds is 8. The van der Waals surface area contributed by atoms with Crippen LogP contribution in [0, 0.1) is 0 Å². The van der Waals surface area contributed by atoms with Gasteiger partial charge in [-0.2, -0.15) is 10.2 Å². The predicted octanol–water partition coefficient (Wildman–Crippen LogP) is 10.0. The van der Waals surface area contributed by atoms with Gasteiger partial charge in [-0.3, -0.25) is 19.2 Å². The monoisotopic (exact) mass is 906 g/mol. The third-order valence-corrected chi connectivity index (χ3v) is 15.9. The van der Waals surface area contributed by atoms with E-state index in [-0.39, 0.29) is 19.7 Å². The Kier molecular flexibility index (Phi) is 13.7. The van der Waals surface area contributed by atoms with Crippen molar-refractivity contribution in [1.82, 2.24) is 48.3 Å². The lowest BCUT2D eigenvalue weighted by molar-refractivity contribution is 0.170. The molecule has 8 heterocycles. The Balaban J connectivity index is 0.000000178. The van der Waals surface area contributed by atoms with Crippen LogP contribution in [0.5, 0.6) is 0 Å². The number of nitrogens with one attached hydrogen (secondary N) is 1. The molecule has 0 radical (unpaired) electrons. The molecule has 7 aromatic rings. The van der Waals surface area contributed by atoms with Crippen LogP contribution in [0.1, 0.15) is 102 Å². The molecule has 15 heteroatoms. The van der Waals surface area contributed by atoms with Gasteiger partial charge in [-0.15, -0.1) is 0 Å². The van der Waals surface area contributed by atoms with Gasteiger partial charge in [0.1, 0.15) is 18.0 Å². The maximum atomic E-state index is 13.7. The maximum Gasteiger partial charge on any atom is 0.269 e. The second kappa shape index (κ2) is 19.3. The molecular weight excluding hydrogens is 843 g/mol. The van der Waals surface area contributed by atoms with Gasteiger partial charge in [0.05, 0.1) is 17.3 Å². The molecule has 2 saturated heterocycles. The van der Waals surface area contributed by atoms with Crippen LogP contribution in [0.2, 0.25) is 0 Å². The molecule has 0 spiro atoms. The van der Waals surface area contributed by atoms with E-state index in [1.807, 2.05) is 56.0 Å². The van der Waals surface area contributed by atoms with E-state index in [1.165, 1.54) is 14.9 Å². The number of aromatic nitrogens is 8. The largest absolute Gasteiger partial charge is 0.346 e. The quantitative estimate of drug-likeness (QED) is 0.160. The summed E-state index contributed by atoms with van der Waals surface area (Å²) in [6.07, 6.45) is 24.0. The molecule has 0 unspecified atom stereocenters. The van der Waals surface area contributed by atoms with Crippen molar-refractivity contribution in [2.24, 2.45) is 14.1 Å². The molecule has 2 saturated carbocycles. The normalized spacial score (nSPS) is 24.1. The Morgan fingerprint density at radius 2 is 1.15 bits per heavy atom. The highest BCUT2D eigenvalue weighted by Crippen LogP contribution is 2.40. The smallest absolute Gasteiger partial charge is 0.269 e. The summed E-state index contributed by atoms with van der Waals surface area (Å²) >= 11 is 0. The molecule has 2 aliphatic carbocycles. The second-order valence-corrected chi connectivity index (χ2v) is 20.1. The highest BCUT2D eigenvalue weighted by Gasteiger charge is 2.34. The summed E-state index contributed by atoms with van der Waals surface area (Å²) in [5.74, 6) is 0.913. The standard InChI is InChI=1S/C27H30FN5O2S.C21H26FN5.2CH4/c1-31-16-21(15-30-31)26-18-33(36(34,35)24-5-3-2-4-6-24)27-25(26)13-20(14-29-27)19-7-9-23(10-8-19)32-12-11-22(28)17-32;1-26-12-16(10-25-26)20-11-24-21-19(20)8-15(9-23-21)14-2-4-18(5-3-14)27-7-6-17(22)13-27;;/h2-6,13-16,18-19,22-23H,7-12,17H2,1H3;8-12,14,17-18H,2-7,13H2,1H3,(H,23,24);2*1H4/t19?,22-,23?;14?,17-,18?;;/m00../s1. The second-order valence-electron chi connectivity index (χ2n) is 18.2. The van der Waals surface area contributed by atoms with Crippen molar-refractivity contribution in [3.63, 3.8) is 0 Å². The van der Waals surface area contributed by atoms with Crippen LogP contribution in [0.15, 0.2) is 96.9 Å². The molecular formula is C50H64F2N10O2S. The number of alkyl halides is 2. The van der Waals surface area contributed by atoms with Crippen LogP contribution in [-0.2, 0) is 24.1 Å². The van der Waals surface area contributed by atoms with Crippen LogP contribution in [-0.4, -0.2) is 107 Å². The number of halogens is 2. The van der Waals surface area contributed by atoms with Gasteiger partial charge in [-0.1, -0.05) is 33.1 Å². The number of pyridine rings is 2. The van der Waals surface area contributed by atoms with Gasteiger partial charge in [0.2, 0.25) is 0 Å². The van der Waals surface area contributed by atoms with Crippen LogP contribution in [0.3, 0.4) is 0 Å². The van der Waals surface area contributed by atoms with Crippen molar-refractivity contribution in [2.45, 2.75) is 120 Å². The topological polar surface area (TPSA) is 123 Å². The molecule has 2 aliphatic heterocycles. The lowest BCUT2D eigenvalue weighted by atomic mass is 9.81. The number of fused-ring (bicyclic) bond motifs is 2. The number of H-pyrrole nitrogens is 1. The number of hydrogen-bond acceptors (Lipinski definition) is 8. The number of aromatic amines is 1. The highest BCUT2D eigenvalue weighted by atomic mass is 32.2. The van der Waals surface area contributed by atoms with Gasteiger partial charge in [0, 0.05) is 123 Å². The van der Waals surface area contributed by atoms with Crippen LogP contribution < -0.4 is 0 Å². The number of nitrogens with zero attached hydrogens (tertiary/aromatic N) is 9. The average Bonchev–Trinajstić information content (AvgIpc) is 4.18. The Labute approximate surface area is 382 Å². The van der Waals surface area contributed by atoms with E-state index >= 15 is 0 Å². The van der Waals surface area contributed by atoms with Gasteiger partial charge in [0.25, 0.3) is 10.0 Å². The summed E-state index contributed by atoms with van der Waals surface area (Å²) in [6.45, 7) is 3.01. The van der Waals surface area contributed by atoms with E-state index in [4.69, 9.17) is 4.98 Å². The fraction of sp³-hybridized carbons (Fsp3) is 0.480. The van der Waals surface area contributed by atoms with Crippen LogP contribution in [0.25, 0.3) is 44.3 Å². The number of benzene rings is 1. The molecule has 1 N–H and O–H groups in total. The van der Waals surface area contributed by atoms with Gasteiger partial charge in [0.15, 0.2) is 5.65 Å². The first-order chi connectivity index (χ1) is 30.6. The van der Waals surface area contributed by atoms with Gasteiger partial charge >= 0.3 is 0 Å². The molecule has 65 heavy (non-hydrogen) atoms. The third-order valence-electron chi connectivity index (χ3n) is 14.2. The number of hydrogen-bond donors (Lipinski definition) is 1. The zero-order valence-electron chi connectivity index (χ0n) is 36.0. The SMILES string of the molecule is C.C.Cn1cc(-c2c[nH]c3ncc(C4CCC(N5CC[C@H](F)C5)CC4)cc23)cn1.Cn1cc(-c2cn(S(=O)(=O)c3ccccc3)c3ncc(C4CCC(N5CC[C@H](F)C5)CC4)cc23)cn1. The summed E-state index contributed by atoms with van der Waals surface area (Å²) < 4.78 is 59.1. The minimum atomic E-state index is -3.81. The maximum absolute atomic E-state index is 13.7. The van der Waals surface area contributed by atoms with E-state index in [0.717, 1.165) is 103 Å². The lowest BCUT2D eigenvalue weighted by Gasteiger charge is -2.34. The molecule has 4 fully saturated rings. The zero-order chi connectivity index (χ0) is 43.2. The Morgan fingerprint density at radius 3 is 1.66 bits per heavy atom. The molecule has 11 rings (SSSR count). The van der Waals surface area contributed by atoms with Crippen molar-refractivity contribution in [1.29, 1.82) is 0 Å². The van der Waals surface area contributed by atoms with Gasteiger partial charge in [-0.05, 0) is 111 Å². The molecule has 2 atom stereocenters. The van der Waals surface area contributed by atoms with Crippen molar-refractivity contribution in [3.8, 4) is 22.3 Å². The molecule has 1 aromatic carbocycles. The molecule has 4 aliphatic rings. The summed E-state index contributed by atoms with van der Waals surface area (Å²) in [4.78, 5) is 17.6. The summed E-state index contributed by atoms with van der Waals surface area (Å²) in [7, 11) is -0.0334. The minimum Gasteiger partial charge on any atom is -0.346 e. The molecule has 0 bridgehead atoms. The Bertz CT molecular complexity index is 2800. The van der Waals surface area contributed by atoms with E-state index in [9.17, 15) is 17.2 Å². The fourth-order valence-corrected chi connectivity index (χ4v) is 12.1. The summed E-state index contributed by atoms with van der Waals surface area (Å²) in [6, 6.07) is 13.9. The Morgan fingerprint density at radius 1 is 0.631 bits per heavy atom. The highest BCUT2D eigenvalue weighted by molar-refractivity contribution is 7.90. The van der Waals surface area contributed by atoms with Crippen molar-refractivity contribution in [2.75, 3.05) is 26.2 Å². The number of aryl methyl sites for hydroxylation is 2. The number of likely N-dealkylation sites (tertiary alicyclic amines) is 2. The Hall–Kier alpha value is -5.25. The van der Waals surface area contributed by atoms with Crippen molar-refractivity contribution in [3.05, 3.63) is 103 Å². The van der Waals surface area contributed by atoms with Gasteiger partial charge < -0.3 is 4.98 Å². The van der Waals surface area contributed by atoms with Crippen LogP contribution in [0.4, 0.5) is 8.78 Å².